The summed E-state index contributed by atoms with van der Waals surface area (Å²) in [6.45, 7) is 1.95. The van der Waals surface area contributed by atoms with Crippen LogP contribution >= 0.6 is 12.2 Å². The highest BCUT2D eigenvalue weighted by Crippen LogP contribution is 2.14. The van der Waals surface area contributed by atoms with Gasteiger partial charge in [0.1, 0.15) is 4.99 Å². The molecule has 0 fully saturated rings. The Morgan fingerprint density at radius 2 is 1.67 bits per heavy atom. The van der Waals surface area contributed by atoms with E-state index in [9.17, 15) is 8.42 Å². The van der Waals surface area contributed by atoms with E-state index in [1.807, 2.05) is 19.1 Å². The number of nitrogens with one attached hydrogen (secondary N) is 1. The molecule has 0 aromatic heterocycles. The van der Waals surface area contributed by atoms with Gasteiger partial charge in [-0.15, -0.1) is 0 Å². The van der Waals surface area contributed by atoms with Crippen molar-refractivity contribution >= 4 is 32.9 Å². The van der Waals surface area contributed by atoms with E-state index < -0.39 is 10.0 Å². The summed E-state index contributed by atoms with van der Waals surface area (Å²) in [5, 5.41) is 0. The Morgan fingerprint density at radius 1 is 1.10 bits per heavy atom. The van der Waals surface area contributed by atoms with Crippen LogP contribution in [-0.4, -0.2) is 13.4 Å². The SMILES string of the molecule is Cc1ccc(NS(=O)(=O)Cc2ccc(C(N)=S)cc2)cc1. The minimum Gasteiger partial charge on any atom is -0.389 e. The number of thiocarbonyl (C=S) groups is 1. The topological polar surface area (TPSA) is 72.2 Å². The summed E-state index contributed by atoms with van der Waals surface area (Å²) in [6, 6.07) is 14.1. The maximum Gasteiger partial charge on any atom is 0.236 e. The van der Waals surface area contributed by atoms with Gasteiger partial charge < -0.3 is 5.73 Å². The zero-order valence-electron chi connectivity index (χ0n) is 11.5. The Morgan fingerprint density at radius 3 is 2.19 bits per heavy atom. The van der Waals surface area contributed by atoms with Crippen molar-refractivity contribution in [3.05, 3.63) is 65.2 Å². The first-order chi connectivity index (χ1) is 9.85. The van der Waals surface area contributed by atoms with E-state index in [2.05, 4.69) is 4.72 Å². The van der Waals surface area contributed by atoms with Crippen LogP contribution in [0.3, 0.4) is 0 Å². The molecule has 0 atom stereocenters. The Labute approximate surface area is 130 Å². The van der Waals surface area contributed by atoms with Crippen molar-refractivity contribution < 1.29 is 8.42 Å². The molecule has 0 bridgehead atoms. The van der Waals surface area contributed by atoms with Gasteiger partial charge in [0.05, 0.1) is 5.75 Å². The molecule has 0 unspecified atom stereocenters. The van der Waals surface area contributed by atoms with Crippen molar-refractivity contribution in [2.75, 3.05) is 4.72 Å². The van der Waals surface area contributed by atoms with Crippen LogP contribution < -0.4 is 10.5 Å². The van der Waals surface area contributed by atoms with Gasteiger partial charge >= 0.3 is 0 Å². The van der Waals surface area contributed by atoms with E-state index in [4.69, 9.17) is 18.0 Å². The van der Waals surface area contributed by atoms with Crippen molar-refractivity contribution in [2.24, 2.45) is 5.73 Å². The molecule has 0 aliphatic heterocycles. The maximum absolute atomic E-state index is 12.1. The molecule has 3 N–H and O–H groups in total. The van der Waals surface area contributed by atoms with Gasteiger partial charge in [-0.25, -0.2) is 8.42 Å². The fourth-order valence-electron chi connectivity index (χ4n) is 1.82. The summed E-state index contributed by atoms with van der Waals surface area (Å²) >= 11 is 4.86. The molecule has 2 aromatic carbocycles. The second-order valence-corrected chi connectivity index (χ2v) is 6.95. The minimum atomic E-state index is -3.45. The molecule has 0 amide bonds. The van der Waals surface area contributed by atoms with Gasteiger partial charge in [-0.1, -0.05) is 54.2 Å². The molecule has 0 saturated carbocycles. The number of anilines is 1. The molecular formula is C15H16N2O2S2. The third-order valence-electron chi connectivity index (χ3n) is 2.92. The van der Waals surface area contributed by atoms with Crippen LogP contribution in [0.4, 0.5) is 5.69 Å². The first-order valence-electron chi connectivity index (χ1n) is 6.32. The number of benzene rings is 2. The largest absolute Gasteiger partial charge is 0.389 e. The quantitative estimate of drug-likeness (QED) is 0.831. The first kappa shape index (κ1) is 15.5. The van der Waals surface area contributed by atoms with Crippen LogP contribution in [-0.2, 0) is 15.8 Å². The monoisotopic (exact) mass is 320 g/mol. The Balaban J connectivity index is 2.10. The molecule has 6 heteroatoms. The van der Waals surface area contributed by atoms with Gasteiger partial charge in [-0.2, -0.15) is 0 Å². The van der Waals surface area contributed by atoms with E-state index >= 15 is 0 Å². The van der Waals surface area contributed by atoms with Gasteiger partial charge in [-0.3, -0.25) is 4.72 Å². The van der Waals surface area contributed by atoms with Gasteiger partial charge in [-0.05, 0) is 24.6 Å². The van der Waals surface area contributed by atoms with Gasteiger partial charge in [0.25, 0.3) is 0 Å². The van der Waals surface area contributed by atoms with Gasteiger partial charge in [0.15, 0.2) is 0 Å². The molecule has 0 aliphatic carbocycles. The van der Waals surface area contributed by atoms with E-state index in [-0.39, 0.29) is 5.75 Å². The summed E-state index contributed by atoms with van der Waals surface area (Å²) in [5.41, 5.74) is 8.53. The molecule has 0 heterocycles. The molecule has 4 nitrogen and oxygen atoms in total. The number of nitrogens with two attached hydrogens (primary N) is 1. The smallest absolute Gasteiger partial charge is 0.236 e. The third-order valence-corrected chi connectivity index (χ3v) is 4.42. The van der Waals surface area contributed by atoms with E-state index in [0.29, 0.717) is 16.2 Å². The molecule has 2 rings (SSSR count). The van der Waals surface area contributed by atoms with Crippen LogP contribution in [0.1, 0.15) is 16.7 Å². The third kappa shape index (κ3) is 4.54. The second-order valence-electron chi connectivity index (χ2n) is 4.79. The normalized spacial score (nSPS) is 11.1. The van der Waals surface area contributed by atoms with Crippen LogP contribution in [0.5, 0.6) is 0 Å². The molecule has 0 aliphatic rings. The molecular weight excluding hydrogens is 304 g/mol. The average Bonchev–Trinajstić information content (AvgIpc) is 2.41. The highest BCUT2D eigenvalue weighted by molar-refractivity contribution is 7.91. The molecule has 2 aromatic rings. The lowest BCUT2D eigenvalue weighted by molar-refractivity contribution is 0.600. The molecule has 0 saturated heterocycles. The Bertz CT molecular complexity index is 736. The van der Waals surface area contributed by atoms with Crippen LogP contribution in [0.2, 0.25) is 0 Å². The van der Waals surface area contributed by atoms with Crippen molar-refractivity contribution in [1.82, 2.24) is 0 Å². The highest BCUT2D eigenvalue weighted by atomic mass is 32.2. The summed E-state index contributed by atoms with van der Waals surface area (Å²) in [4.78, 5) is 0.294. The average molecular weight is 320 g/mol. The lowest BCUT2D eigenvalue weighted by Crippen LogP contribution is -2.15. The van der Waals surface area contributed by atoms with Crippen molar-refractivity contribution in [3.8, 4) is 0 Å². The van der Waals surface area contributed by atoms with E-state index in [1.165, 1.54) is 0 Å². The molecule has 21 heavy (non-hydrogen) atoms. The van der Waals surface area contributed by atoms with Crippen molar-refractivity contribution in [3.63, 3.8) is 0 Å². The van der Waals surface area contributed by atoms with E-state index in [1.54, 1.807) is 36.4 Å². The van der Waals surface area contributed by atoms with Crippen molar-refractivity contribution in [2.45, 2.75) is 12.7 Å². The summed E-state index contributed by atoms with van der Waals surface area (Å²) in [6.07, 6.45) is 0. The standard InChI is InChI=1S/C15H16N2O2S2/c1-11-2-8-14(9-3-11)17-21(18,19)10-12-4-6-13(7-5-12)15(16)20/h2-9,17H,10H2,1H3,(H2,16,20). The van der Waals surface area contributed by atoms with Crippen molar-refractivity contribution in [1.29, 1.82) is 0 Å². The zero-order chi connectivity index (χ0) is 15.5. The lowest BCUT2D eigenvalue weighted by atomic mass is 10.1. The number of sulfonamides is 1. The number of hydrogen-bond acceptors (Lipinski definition) is 3. The predicted octanol–water partition coefficient (Wildman–Crippen LogP) is 2.57. The predicted molar refractivity (Wildman–Crippen MR) is 89.8 cm³/mol. The lowest BCUT2D eigenvalue weighted by Gasteiger charge is -2.09. The fourth-order valence-corrected chi connectivity index (χ4v) is 3.16. The summed E-state index contributed by atoms with van der Waals surface area (Å²) in [7, 11) is -3.45. The van der Waals surface area contributed by atoms with Crippen LogP contribution in [0.15, 0.2) is 48.5 Å². The maximum atomic E-state index is 12.1. The second kappa shape index (κ2) is 6.24. The molecule has 110 valence electrons. The molecule has 0 radical (unpaired) electrons. The highest BCUT2D eigenvalue weighted by Gasteiger charge is 2.11. The number of hydrogen-bond donors (Lipinski definition) is 2. The Hall–Kier alpha value is -1.92. The number of rotatable bonds is 5. The summed E-state index contributed by atoms with van der Waals surface area (Å²) < 4.78 is 26.8. The molecule has 0 spiro atoms. The minimum absolute atomic E-state index is 0.0987. The Kier molecular flexibility index (Phi) is 4.59. The first-order valence-corrected chi connectivity index (χ1v) is 8.38. The fraction of sp³-hybridized carbons (Fsp3) is 0.133. The number of aryl methyl sites for hydroxylation is 1. The zero-order valence-corrected chi connectivity index (χ0v) is 13.2. The van der Waals surface area contributed by atoms with Gasteiger partial charge in [0, 0.05) is 11.3 Å². The van der Waals surface area contributed by atoms with Crippen LogP contribution in [0.25, 0.3) is 0 Å². The van der Waals surface area contributed by atoms with Crippen LogP contribution in [0, 0.1) is 6.92 Å². The van der Waals surface area contributed by atoms with E-state index in [0.717, 1.165) is 11.1 Å². The van der Waals surface area contributed by atoms with Gasteiger partial charge in [0.2, 0.25) is 10.0 Å². The summed E-state index contributed by atoms with van der Waals surface area (Å²) in [5.74, 6) is -0.0987.